The number of likely N-dealkylation sites (tertiary alicyclic amines) is 1. The summed E-state index contributed by atoms with van der Waals surface area (Å²) in [5, 5.41) is 0. The minimum absolute atomic E-state index is 0.105. The minimum atomic E-state index is -0.151. The molecule has 122 valence electrons. The number of pyridine rings is 1. The van der Waals surface area contributed by atoms with Crippen LogP contribution in [0.15, 0.2) is 38.1 Å². The van der Waals surface area contributed by atoms with E-state index in [1.165, 1.54) is 6.07 Å². The van der Waals surface area contributed by atoms with Crippen molar-refractivity contribution in [3.8, 4) is 5.75 Å². The molecule has 3 rings (SSSR count). The summed E-state index contributed by atoms with van der Waals surface area (Å²) in [5.41, 5.74) is 0.727. The quantitative estimate of drug-likeness (QED) is 0.819. The molecular weight excluding hydrogens is 364 g/mol. The van der Waals surface area contributed by atoms with Gasteiger partial charge in [-0.05, 0) is 41.1 Å². The van der Waals surface area contributed by atoms with Crippen molar-refractivity contribution in [2.24, 2.45) is 7.05 Å². The number of nitrogens with zero attached hydrogens (tertiary/aromatic N) is 2. The molecule has 1 fully saturated rings. The fraction of sp³-hybridized carbons (Fsp3) is 0.375. The van der Waals surface area contributed by atoms with Crippen molar-refractivity contribution in [2.75, 3.05) is 13.1 Å². The van der Waals surface area contributed by atoms with E-state index in [0.717, 1.165) is 12.1 Å². The van der Waals surface area contributed by atoms with Crippen LogP contribution in [0.1, 0.15) is 22.7 Å². The molecule has 23 heavy (non-hydrogen) atoms. The van der Waals surface area contributed by atoms with Crippen molar-refractivity contribution in [3.05, 3.63) is 50.7 Å². The summed E-state index contributed by atoms with van der Waals surface area (Å²) < 4.78 is 13.3. The monoisotopic (exact) mass is 380 g/mol. The number of hydrogen-bond donors (Lipinski definition) is 0. The Kier molecular flexibility index (Phi) is 4.30. The summed E-state index contributed by atoms with van der Waals surface area (Å²) in [5.74, 6) is 0.703. The van der Waals surface area contributed by atoms with Crippen molar-refractivity contribution in [2.45, 2.75) is 19.4 Å². The Balaban J connectivity index is 1.66. The van der Waals surface area contributed by atoms with E-state index in [1.807, 2.05) is 13.0 Å². The lowest BCUT2D eigenvalue weighted by molar-refractivity contribution is 0.0739. The molecule has 6 nitrogen and oxygen atoms in total. The third kappa shape index (κ3) is 3.34. The van der Waals surface area contributed by atoms with Crippen LogP contribution in [0.5, 0.6) is 5.75 Å². The van der Waals surface area contributed by atoms with Crippen LogP contribution in [0.25, 0.3) is 0 Å². The van der Waals surface area contributed by atoms with Gasteiger partial charge in [0.2, 0.25) is 0 Å². The van der Waals surface area contributed by atoms with Gasteiger partial charge in [0.05, 0.1) is 6.54 Å². The number of aryl methyl sites for hydroxylation is 1. The highest BCUT2D eigenvalue weighted by Crippen LogP contribution is 2.21. The molecule has 1 aliphatic heterocycles. The summed E-state index contributed by atoms with van der Waals surface area (Å²) in [6.07, 6.45) is 0.603. The first kappa shape index (κ1) is 15.9. The highest BCUT2D eigenvalue weighted by molar-refractivity contribution is 9.10. The van der Waals surface area contributed by atoms with Gasteiger partial charge in [0.25, 0.3) is 11.5 Å². The van der Waals surface area contributed by atoms with Gasteiger partial charge in [0, 0.05) is 31.8 Å². The van der Waals surface area contributed by atoms with Crippen LogP contribution in [0, 0.1) is 6.92 Å². The van der Waals surface area contributed by atoms with E-state index >= 15 is 0 Å². The molecule has 1 aliphatic rings. The van der Waals surface area contributed by atoms with Crippen LogP contribution in [-0.2, 0) is 7.05 Å². The average molecular weight is 381 g/mol. The molecule has 0 radical (unpaired) electrons. The van der Waals surface area contributed by atoms with Crippen molar-refractivity contribution in [3.63, 3.8) is 0 Å². The van der Waals surface area contributed by atoms with Crippen molar-refractivity contribution in [1.82, 2.24) is 9.47 Å². The fourth-order valence-electron chi connectivity index (χ4n) is 2.59. The summed E-state index contributed by atoms with van der Waals surface area (Å²) in [6.45, 7) is 2.94. The number of carbonyl (C=O) groups is 1. The fourth-order valence-corrected chi connectivity index (χ4v) is 2.90. The van der Waals surface area contributed by atoms with Crippen LogP contribution >= 0.6 is 15.9 Å². The molecule has 7 heteroatoms. The molecule has 2 aromatic heterocycles. The van der Waals surface area contributed by atoms with Crippen molar-refractivity contribution in [1.29, 1.82) is 0 Å². The topological polar surface area (TPSA) is 64.7 Å². The number of aromatic nitrogens is 1. The standard InChI is InChI=1S/C16H17BrN2O4/c1-10-7-12(8-15(20)18(10)2)22-11-5-6-19(9-11)16(21)13-3-4-14(17)23-13/h3-4,7-8,11H,5-6,9H2,1-2H3/t11-/m1/s1. The molecule has 0 unspecified atom stereocenters. The lowest BCUT2D eigenvalue weighted by atomic mass is 10.3. The zero-order chi connectivity index (χ0) is 16.6. The van der Waals surface area contributed by atoms with Crippen LogP contribution in [0.4, 0.5) is 0 Å². The summed E-state index contributed by atoms with van der Waals surface area (Å²) in [7, 11) is 1.72. The molecule has 3 heterocycles. The second-order valence-electron chi connectivity index (χ2n) is 5.61. The van der Waals surface area contributed by atoms with Gasteiger partial charge < -0.3 is 18.6 Å². The summed E-state index contributed by atoms with van der Waals surface area (Å²) in [4.78, 5) is 25.8. The molecule has 0 bridgehead atoms. The Bertz CT molecular complexity index is 796. The van der Waals surface area contributed by atoms with E-state index in [4.69, 9.17) is 9.15 Å². The first-order chi connectivity index (χ1) is 10.9. The van der Waals surface area contributed by atoms with Gasteiger partial charge in [-0.1, -0.05) is 0 Å². The molecule has 0 N–H and O–H groups in total. The van der Waals surface area contributed by atoms with Crippen LogP contribution < -0.4 is 10.3 Å². The van der Waals surface area contributed by atoms with E-state index in [0.29, 0.717) is 29.3 Å². The number of rotatable bonds is 3. The average Bonchev–Trinajstić information content (AvgIpc) is 3.13. The van der Waals surface area contributed by atoms with Gasteiger partial charge in [-0.15, -0.1) is 0 Å². The van der Waals surface area contributed by atoms with Crippen molar-refractivity contribution < 1.29 is 13.9 Å². The Morgan fingerprint density at radius 3 is 2.83 bits per heavy atom. The van der Waals surface area contributed by atoms with Gasteiger partial charge >= 0.3 is 0 Å². The maximum absolute atomic E-state index is 12.3. The molecule has 1 saturated heterocycles. The summed E-state index contributed by atoms with van der Waals surface area (Å²) >= 11 is 3.19. The molecule has 0 spiro atoms. The van der Waals surface area contributed by atoms with Gasteiger partial charge in [-0.25, -0.2) is 0 Å². The van der Waals surface area contributed by atoms with E-state index in [-0.39, 0.29) is 17.6 Å². The van der Waals surface area contributed by atoms with Gasteiger partial charge in [-0.3, -0.25) is 9.59 Å². The minimum Gasteiger partial charge on any atom is -0.488 e. The van der Waals surface area contributed by atoms with E-state index in [1.54, 1.807) is 28.6 Å². The second-order valence-corrected chi connectivity index (χ2v) is 6.39. The lowest BCUT2D eigenvalue weighted by Gasteiger charge is -2.16. The third-order valence-electron chi connectivity index (χ3n) is 4.00. The Morgan fingerprint density at radius 1 is 1.39 bits per heavy atom. The highest BCUT2D eigenvalue weighted by Gasteiger charge is 2.29. The van der Waals surface area contributed by atoms with Crippen LogP contribution in [-0.4, -0.2) is 34.6 Å². The number of hydrogen-bond acceptors (Lipinski definition) is 4. The smallest absolute Gasteiger partial charge is 0.289 e. The van der Waals surface area contributed by atoms with E-state index in [2.05, 4.69) is 15.9 Å². The number of amides is 1. The summed E-state index contributed by atoms with van der Waals surface area (Å²) in [6, 6.07) is 6.64. The highest BCUT2D eigenvalue weighted by atomic mass is 79.9. The zero-order valence-corrected chi connectivity index (χ0v) is 14.5. The molecule has 1 amide bonds. The molecule has 0 saturated carbocycles. The number of carbonyl (C=O) groups excluding carboxylic acids is 1. The maximum Gasteiger partial charge on any atom is 0.289 e. The van der Waals surface area contributed by atoms with E-state index < -0.39 is 0 Å². The third-order valence-corrected chi connectivity index (χ3v) is 4.42. The Hall–Kier alpha value is -2.02. The molecule has 1 atom stereocenters. The van der Waals surface area contributed by atoms with E-state index in [9.17, 15) is 9.59 Å². The van der Waals surface area contributed by atoms with Gasteiger partial charge in [0.1, 0.15) is 11.9 Å². The SMILES string of the molecule is Cc1cc(O[C@@H]2CCN(C(=O)c3ccc(Br)o3)C2)cc(=O)n1C. The number of ether oxygens (including phenoxy) is 1. The van der Waals surface area contributed by atoms with Gasteiger partial charge in [-0.2, -0.15) is 0 Å². The largest absolute Gasteiger partial charge is 0.488 e. The first-order valence-corrected chi connectivity index (χ1v) is 8.12. The lowest BCUT2D eigenvalue weighted by Crippen LogP contribution is -2.30. The molecule has 0 aromatic carbocycles. The predicted molar refractivity (Wildman–Crippen MR) is 87.8 cm³/mol. The Morgan fingerprint density at radius 2 is 2.17 bits per heavy atom. The zero-order valence-electron chi connectivity index (χ0n) is 12.9. The maximum atomic E-state index is 12.3. The number of halogens is 1. The normalized spacial score (nSPS) is 17.5. The van der Waals surface area contributed by atoms with Crippen LogP contribution in [0.3, 0.4) is 0 Å². The second kappa shape index (κ2) is 6.23. The van der Waals surface area contributed by atoms with Crippen molar-refractivity contribution >= 4 is 21.8 Å². The number of furan rings is 1. The Labute approximate surface area is 141 Å². The molecule has 2 aromatic rings. The van der Waals surface area contributed by atoms with Crippen LogP contribution in [0.2, 0.25) is 0 Å². The predicted octanol–water partition coefficient (Wildman–Crippen LogP) is 2.34. The molecular formula is C16H17BrN2O4. The first-order valence-electron chi connectivity index (χ1n) is 7.33. The van der Waals surface area contributed by atoms with Gasteiger partial charge in [0.15, 0.2) is 10.4 Å². The molecule has 0 aliphatic carbocycles.